The predicted octanol–water partition coefficient (Wildman–Crippen LogP) is 2.00. The van der Waals surface area contributed by atoms with Crippen molar-refractivity contribution in [2.24, 2.45) is 0 Å². The van der Waals surface area contributed by atoms with Gasteiger partial charge >= 0.3 is 17.9 Å². The maximum atomic E-state index is 11.7. The molecular formula is C18H17N2O11P. The molecule has 0 amide bonds. The number of aliphatic carboxylic acids is 2. The Hall–Kier alpha value is -3.83. The molecule has 0 radical (unpaired) electrons. The molecule has 2 heterocycles. The normalized spacial score (nSPS) is 12.9. The minimum absolute atomic E-state index is 0.00437. The maximum absolute atomic E-state index is 11.7. The van der Waals surface area contributed by atoms with Crippen molar-refractivity contribution < 1.29 is 52.7 Å². The fourth-order valence-corrected chi connectivity index (χ4v) is 3.13. The Balaban J connectivity index is 2.11. The van der Waals surface area contributed by atoms with Crippen LogP contribution >= 0.6 is 7.37 Å². The number of furan rings is 1. The Morgan fingerprint density at radius 1 is 1.09 bits per heavy atom. The van der Waals surface area contributed by atoms with Gasteiger partial charge in [-0.3, -0.25) is 14.2 Å². The first-order chi connectivity index (χ1) is 14.9. The van der Waals surface area contributed by atoms with Crippen molar-refractivity contribution in [1.82, 2.24) is 4.98 Å². The average molecular weight is 468 g/mol. The molecule has 32 heavy (non-hydrogen) atoms. The molecule has 14 heteroatoms. The van der Waals surface area contributed by atoms with Crippen molar-refractivity contribution in [3.05, 3.63) is 30.2 Å². The molecule has 0 saturated heterocycles. The fraction of sp³-hybridized carbons (Fsp3) is 0.222. The number of oxazole rings is 1. The summed E-state index contributed by atoms with van der Waals surface area (Å²) in [4.78, 5) is 47.8. The first-order valence-corrected chi connectivity index (χ1v) is 11.1. The number of carboxylic acids is 3. The number of nitrogens with zero attached hydrogens (tertiary/aromatic N) is 2. The van der Waals surface area contributed by atoms with Gasteiger partial charge in [-0.25, -0.2) is 9.78 Å². The van der Waals surface area contributed by atoms with Crippen LogP contribution in [0.3, 0.4) is 0 Å². The highest BCUT2D eigenvalue weighted by atomic mass is 31.2. The average Bonchev–Trinajstić information content (AvgIpc) is 3.30. The Morgan fingerprint density at radius 3 is 2.28 bits per heavy atom. The second-order valence-electron chi connectivity index (χ2n) is 6.77. The zero-order chi connectivity index (χ0) is 23.6. The number of fused-ring (bicyclic) bond motifs is 1. The molecule has 0 aliphatic heterocycles. The summed E-state index contributed by atoms with van der Waals surface area (Å²) in [5.74, 6) is -4.53. The summed E-state index contributed by atoms with van der Waals surface area (Å²) in [5, 5.41) is 27.7. The minimum atomic E-state index is -3.62. The van der Waals surface area contributed by atoms with E-state index in [1.807, 2.05) is 0 Å². The summed E-state index contributed by atoms with van der Waals surface area (Å²) < 4.78 is 27.8. The Labute approximate surface area is 178 Å². The van der Waals surface area contributed by atoms with Crippen LogP contribution in [0.2, 0.25) is 0 Å². The van der Waals surface area contributed by atoms with Crippen LogP contribution in [0.1, 0.15) is 10.6 Å². The number of benzene rings is 1. The van der Waals surface area contributed by atoms with Crippen LogP contribution in [0, 0.1) is 0 Å². The zero-order valence-corrected chi connectivity index (χ0v) is 17.3. The van der Waals surface area contributed by atoms with Crippen molar-refractivity contribution in [3.8, 4) is 17.4 Å². The van der Waals surface area contributed by atoms with E-state index in [1.165, 1.54) is 18.2 Å². The van der Waals surface area contributed by atoms with Gasteiger partial charge in [0.2, 0.25) is 13.1 Å². The molecule has 2 aromatic heterocycles. The third-order valence-corrected chi connectivity index (χ3v) is 4.59. The summed E-state index contributed by atoms with van der Waals surface area (Å²) in [6, 6.07) is 4.11. The minimum Gasteiger partial charge on any atom is -0.481 e. The quantitative estimate of drug-likeness (QED) is 0.315. The van der Waals surface area contributed by atoms with E-state index in [9.17, 15) is 23.8 Å². The molecule has 0 spiro atoms. The number of aromatic carboxylic acids is 1. The number of aromatic nitrogens is 1. The number of rotatable bonds is 10. The molecule has 0 aliphatic rings. The van der Waals surface area contributed by atoms with E-state index in [1.54, 1.807) is 0 Å². The molecule has 1 aromatic carbocycles. The molecule has 0 saturated carbocycles. The van der Waals surface area contributed by atoms with Gasteiger partial charge in [-0.05, 0) is 12.1 Å². The van der Waals surface area contributed by atoms with Crippen LogP contribution < -0.4 is 9.64 Å². The van der Waals surface area contributed by atoms with Gasteiger partial charge in [-0.15, -0.1) is 0 Å². The smallest absolute Gasteiger partial charge is 0.373 e. The van der Waals surface area contributed by atoms with E-state index < -0.39 is 50.5 Å². The number of anilines is 1. The molecule has 0 fully saturated rings. The fourth-order valence-electron chi connectivity index (χ4n) is 2.75. The van der Waals surface area contributed by atoms with Gasteiger partial charge in [0, 0.05) is 18.1 Å². The zero-order valence-electron chi connectivity index (χ0n) is 16.4. The Bertz CT molecular complexity index is 1220. The predicted molar refractivity (Wildman–Crippen MR) is 107 cm³/mol. The van der Waals surface area contributed by atoms with Gasteiger partial charge in [-0.2, -0.15) is 0 Å². The molecule has 4 N–H and O–H groups in total. The lowest BCUT2D eigenvalue weighted by Crippen LogP contribution is -2.34. The summed E-state index contributed by atoms with van der Waals surface area (Å²) in [5.41, 5.74) is 0.150. The molecule has 1 atom stereocenters. The number of hydrogen-bond acceptors (Lipinski definition) is 9. The summed E-state index contributed by atoms with van der Waals surface area (Å²) in [6.07, 6.45) is 0.387. The van der Waals surface area contributed by atoms with Crippen LogP contribution in [-0.2, 0) is 14.2 Å². The van der Waals surface area contributed by atoms with Gasteiger partial charge in [-0.1, -0.05) is 0 Å². The van der Waals surface area contributed by atoms with E-state index in [0.717, 1.165) is 17.8 Å². The molecule has 3 rings (SSSR count). The lowest BCUT2D eigenvalue weighted by Gasteiger charge is -2.23. The SMILES string of the molecule is CP(=O)(O)COc1cc2cc(-c3ncc(C(=O)O)o3)oc2cc1N(CC(=O)O)CC(=O)O. The van der Waals surface area contributed by atoms with Crippen molar-refractivity contribution >= 4 is 41.9 Å². The summed E-state index contributed by atoms with van der Waals surface area (Å²) >= 11 is 0. The van der Waals surface area contributed by atoms with Gasteiger partial charge < -0.3 is 38.7 Å². The Kier molecular flexibility index (Phi) is 6.23. The van der Waals surface area contributed by atoms with Crippen molar-refractivity contribution in [2.45, 2.75) is 0 Å². The van der Waals surface area contributed by atoms with E-state index in [0.29, 0.717) is 5.39 Å². The highest BCUT2D eigenvalue weighted by Gasteiger charge is 2.23. The summed E-state index contributed by atoms with van der Waals surface area (Å²) in [6.45, 7) is -0.339. The third-order valence-electron chi connectivity index (χ3n) is 3.98. The van der Waals surface area contributed by atoms with Crippen molar-refractivity contribution in [1.29, 1.82) is 0 Å². The van der Waals surface area contributed by atoms with Crippen LogP contribution in [0.15, 0.2) is 33.2 Å². The third kappa shape index (κ3) is 5.45. The van der Waals surface area contributed by atoms with Crippen molar-refractivity contribution in [2.75, 3.05) is 31.0 Å². The maximum Gasteiger partial charge on any atom is 0.373 e. The Morgan fingerprint density at radius 2 is 1.75 bits per heavy atom. The molecule has 1 unspecified atom stereocenters. The second kappa shape index (κ2) is 8.73. The molecule has 13 nitrogen and oxygen atoms in total. The highest BCUT2D eigenvalue weighted by Crippen LogP contribution is 2.41. The largest absolute Gasteiger partial charge is 0.481 e. The van der Waals surface area contributed by atoms with Gasteiger partial charge in [0.25, 0.3) is 5.89 Å². The molecule has 0 aliphatic carbocycles. The van der Waals surface area contributed by atoms with E-state index >= 15 is 0 Å². The van der Waals surface area contributed by atoms with Gasteiger partial charge in [0.1, 0.15) is 24.4 Å². The molecule has 0 bridgehead atoms. The van der Waals surface area contributed by atoms with E-state index in [-0.39, 0.29) is 28.7 Å². The standard InChI is InChI=1S/C18H17N2O11P/c1-32(27,28)8-29-12-2-9-3-13(17-19-5-14(31-17)18(25)26)30-11(9)4-10(12)20(6-15(21)22)7-16(23)24/h2-5H,6-8H2,1H3,(H,21,22)(H,23,24)(H,25,26)(H,27,28). The monoisotopic (exact) mass is 468 g/mol. The second-order valence-corrected chi connectivity index (χ2v) is 9.13. The number of ether oxygens (including phenoxy) is 1. The van der Waals surface area contributed by atoms with Crippen LogP contribution in [0.25, 0.3) is 22.6 Å². The van der Waals surface area contributed by atoms with Gasteiger partial charge in [0.05, 0.1) is 11.9 Å². The number of carbonyl (C=O) groups is 3. The van der Waals surface area contributed by atoms with E-state index in [4.69, 9.17) is 28.9 Å². The molecule has 170 valence electrons. The first-order valence-electron chi connectivity index (χ1n) is 8.80. The number of hydrogen-bond donors (Lipinski definition) is 4. The number of carboxylic acid groups (broad SMARTS) is 3. The first kappa shape index (κ1) is 22.8. The van der Waals surface area contributed by atoms with Crippen LogP contribution in [-0.4, -0.2) is 69.2 Å². The van der Waals surface area contributed by atoms with Crippen LogP contribution in [0.5, 0.6) is 5.75 Å². The lowest BCUT2D eigenvalue weighted by molar-refractivity contribution is -0.136. The molecular weight excluding hydrogens is 451 g/mol. The van der Waals surface area contributed by atoms with Crippen LogP contribution in [0.4, 0.5) is 5.69 Å². The van der Waals surface area contributed by atoms with Gasteiger partial charge in [0.15, 0.2) is 12.1 Å². The summed E-state index contributed by atoms with van der Waals surface area (Å²) in [7, 11) is -3.62. The van der Waals surface area contributed by atoms with Crippen molar-refractivity contribution in [3.63, 3.8) is 0 Å². The highest BCUT2D eigenvalue weighted by molar-refractivity contribution is 7.56. The van der Waals surface area contributed by atoms with E-state index in [2.05, 4.69) is 4.98 Å². The molecule has 3 aromatic rings. The topological polar surface area (TPSA) is 201 Å². The lowest BCUT2D eigenvalue weighted by atomic mass is 10.2.